The molecule has 2 N–H and O–H groups in total. The third-order valence-corrected chi connectivity index (χ3v) is 2.51. The topological polar surface area (TPSA) is 60.9 Å². The van der Waals surface area contributed by atoms with Crippen LogP contribution in [0.4, 0.5) is 0 Å². The number of Topliss-reactive ketones (excluding diaryl/α,β-unsaturated/α-hetero) is 1. The first-order chi connectivity index (χ1) is 6.40. The van der Waals surface area contributed by atoms with Crippen LogP contribution in [0.2, 0.25) is 5.02 Å². The maximum Gasteiger partial charge on any atom is 0.189 e. The highest BCUT2D eigenvalue weighted by Crippen LogP contribution is 2.24. The third kappa shape index (κ3) is 1.81. The molecule has 1 rings (SSSR count). The van der Waals surface area contributed by atoms with Gasteiger partial charge in [0.15, 0.2) is 5.78 Å². The zero-order valence-electron chi connectivity index (χ0n) is 8.54. The van der Waals surface area contributed by atoms with Crippen molar-refractivity contribution in [2.75, 3.05) is 6.54 Å². The SMILES string of the molecule is Cn1ncc(Cl)c1C(=O)C(C)(C)CN. The highest BCUT2D eigenvalue weighted by molar-refractivity contribution is 6.33. The molecule has 0 aliphatic carbocycles. The van der Waals surface area contributed by atoms with Gasteiger partial charge in [0.05, 0.1) is 11.2 Å². The van der Waals surface area contributed by atoms with Gasteiger partial charge < -0.3 is 5.73 Å². The molecule has 0 bridgehead atoms. The number of ketones is 1. The fourth-order valence-corrected chi connectivity index (χ4v) is 1.33. The Morgan fingerprint density at radius 2 is 2.29 bits per heavy atom. The van der Waals surface area contributed by atoms with Crippen LogP contribution in [-0.2, 0) is 7.05 Å². The number of nitrogens with zero attached hydrogens (tertiary/aromatic N) is 2. The number of aromatic nitrogens is 2. The summed E-state index contributed by atoms with van der Waals surface area (Å²) in [5.41, 5.74) is 5.34. The highest BCUT2D eigenvalue weighted by atomic mass is 35.5. The van der Waals surface area contributed by atoms with Crippen molar-refractivity contribution < 1.29 is 4.79 Å². The number of carbonyl (C=O) groups is 1. The average molecular weight is 216 g/mol. The van der Waals surface area contributed by atoms with Gasteiger partial charge in [-0.25, -0.2) is 0 Å². The summed E-state index contributed by atoms with van der Waals surface area (Å²) in [4.78, 5) is 12.0. The van der Waals surface area contributed by atoms with Crippen molar-refractivity contribution in [2.24, 2.45) is 18.2 Å². The monoisotopic (exact) mass is 215 g/mol. The van der Waals surface area contributed by atoms with Crippen molar-refractivity contribution in [1.82, 2.24) is 9.78 Å². The summed E-state index contributed by atoms with van der Waals surface area (Å²) in [6.45, 7) is 3.87. The van der Waals surface area contributed by atoms with Crippen LogP contribution in [0.15, 0.2) is 6.20 Å². The maximum atomic E-state index is 12.0. The normalized spacial score (nSPS) is 11.8. The van der Waals surface area contributed by atoms with Gasteiger partial charge in [0.2, 0.25) is 0 Å². The molecule has 0 atom stereocenters. The summed E-state index contributed by atoms with van der Waals surface area (Å²) >= 11 is 5.86. The molecule has 0 aliphatic heterocycles. The van der Waals surface area contributed by atoms with Crippen LogP contribution in [0.25, 0.3) is 0 Å². The van der Waals surface area contributed by atoms with Gasteiger partial charge in [-0.2, -0.15) is 5.10 Å². The smallest absolute Gasteiger partial charge is 0.189 e. The molecule has 0 saturated heterocycles. The lowest BCUT2D eigenvalue weighted by molar-refractivity contribution is 0.0837. The molecular formula is C9H14ClN3O. The standard InChI is InChI=1S/C9H14ClN3O/c1-9(2,5-11)8(14)7-6(10)4-12-13(7)3/h4H,5,11H2,1-3H3. The van der Waals surface area contributed by atoms with Gasteiger partial charge in [-0.05, 0) is 0 Å². The van der Waals surface area contributed by atoms with Crippen molar-refractivity contribution in [3.05, 3.63) is 16.9 Å². The van der Waals surface area contributed by atoms with E-state index in [1.807, 2.05) is 0 Å². The van der Waals surface area contributed by atoms with Gasteiger partial charge in [0.25, 0.3) is 0 Å². The van der Waals surface area contributed by atoms with Gasteiger partial charge in [0, 0.05) is 19.0 Å². The van der Waals surface area contributed by atoms with Gasteiger partial charge in [-0.1, -0.05) is 25.4 Å². The number of halogens is 1. The molecule has 0 fully saturated rings. The molecule has 1 aromatic heterocycles. The largest absolute Gasteiger partial charge is 0.329 e. The van der Waals surface area contributed by atoms with Crippen molar-refractivity contribution in [3.8, 4) is 0 Å². The fraction of sp³-hybridized carbons (Fsp3) is 0.556. The molecule has 1 heterocycles. The first-order valence-electron chi connectivity index (χ1n) is 4.32. The summed E-state index contributed by atoms with van der Waals surface area (Å²) in [6, 6.07) is 0. The lowest BCUT2D eigenvalue weighted by Gasteiger charge is -2.20. The molecule has 0 spiro atoms. The Labute approximate surface area is 88.0 Å². The highest BCUT2D eigenvalue weighted by Gasteiger charge is 2.30. The molecule has 0 aliphatic rings. The van der Waals surface area contributed by atoms with Crippen LogP contribution < -0.4 is 5.73 Å². The Kier molecular flexibility index (Phi) is 2.97. The quantitative estimate of drug-likeness (QED) is 0.772. The zero-order chi connectivity index (χ0) is 10.9. The molecule has 0 amide bonds. The minimum Gasteiger partial charge on any atom is -0.329 e. The number of aryl methyl sites for hydroxylation is 1. The molecule has 4 nitrogen and oxygen atoms in total. The lowest BCUT2D eigenvalue weighted by Crippen LogP contribution is -2.34. The summed E-state index contributed by atoms with van der Waals surface area (Å²) < 4.78 is 1.47. The van der Waals surface area contributed by atoms with Crippen molar-refractivity contribution in [1.29, 1.82) is 0 Å². The van der Waals surface area contributed by atoms with E-state index in [1.165, 1.54) is 10.9 Å². The molecule has 0 unspecified atom stereocenters. The molecule has 0 radical (unpaired) electrons. The van der Waals surface area contributed by atoms with E-state index in [2.05, 4.69) is 5.10 Å². The minimum atomic E-state index is -0.600. The Morgan fingerprint density at radius 1 is 1.71 bits per heavy atom. The van der Waals surface area contributed by atoms with E-state index in [4.69, 9.17) is 17.3 Å². The average Bonchev–Trinajstić information content (AvgIpc) is 2.45. The van der Waals surface area contributed by atoms with E-state index in [0.717, 1.165) is 0 Å². The molecule has 0 aromatic carbocycles. The Morgan fingerprint density at radius 3 is 2.64 bits per heavy atom. The number of nitrogens with two attached hydrogens (primary N) is 1. The lowest BCUT2D eigenvalue weighted by atomic mass is 9.86. The predicted octanol–water partition coefficient (Wildman–Crippen LogP) is 1.24. The molecule has 0 saturated carbocycles. The van der Waals surface area contributed by atoms with Crippen LogP contribution in [0.5, 0.6) is 0 Å². The molecular weight excluding hydrogens is 202 g/mol. The van der Waals surface area contributed by atoms with Crippen LogP contribution in [-0.4, -0.2) is 22.1 Å². The van der Waals surface area contributed by atoms with Crippen LogP contribution in [0.1, 0.15) is 24.3 Å². The van der Waals surface area contributed by atoms with Crippen LogP contribution in [0.3, 0.4) is 0 Å². The Balaban J connectivity index is 3.13. The van der Waals surface area contributed by atoms with E-state index in [0.29, 0.717) is 10.7 Å². The molecule has 1 aromatic rings. The number of hydrogen-bond acceptors (Lipinski definition) is 3. The third-order valence-electron chi connectivity index (χ3n) is 2.23. The van der Waals surface area contributed by atoms with Gasteiger partial charge >= 0.3 is 0 Å². The van der Waals surface area contributed by atoms with Crippen molar-refractivity contribution in [2.45, 2.75) is 13.8 Å². The minimum absolute atomic E-state index is 0.0787. The Bertz CT molecular complexity index is 337. The predicted molar refractivity (Wildman–Crippen MR) is 55.4 cm³/mol. The van der Waals surface area contributed by atoms with Gasteiger partial charge in [-0.15, -0.1) is 0 Å². The Hall–Kier alpha value is -0.870. The second kappa shape index (κ2) is 3.71. The number of rotatable bonds is 3. The number of hydrogen-bond donors (Lipinski definition) is 1. The van der Waals surface area contributed by atoms with Crippen LogP contribution in [0, 0.1) is 5.41 Å². The zero-order valence-corrected chi connectivity index (χ0v) is 9.30. The number of carbonyl (C=O) groups excluding carboxylic acids is 1. The first-order valence-corrected chi connectivity index (χ1v) is 4.70. The summed E-state index contributed by atoms with van der Waals surface area (Å²) in [6.07, 6.45) is 1.46. The van der Waals surface area contributed by atoms with E-state index < -0.39 is 5.41 Å². The summed E-state index contributed by atoms with van der Waals surface area (Å²) in [5, 5.41) is 4.28. The van der Waals surface area contributed by atoms with E-state index in [-0.39, 0.29) is 12.3 Å². The molecule has 14 heavy (non-hydrogen) atoms. The van der Waals surface area contributed by atoms with Crippen LogP contribution >= 0.6 is 11.6 Å². The summed E-state index contributed by atoms with van der Waals surface area (Å²) in [7, 11) is 1.69. The van der Waals surface area contributed by atoms with Gasteiger partial charge in [-0.3, -0.25) is 9.48 Å². The van der Waals surface area contributed by atoms with E-state index in [9.17, 15) is 4.79 Å². The summed E-state index contributed by atoms with van der Waals surface area (Å²) in [5.74, 6) is -0.0787. The van der Waals surface area contributed by atoms with Gasteiger partial charge in [0.1, 0.15) is 5.69 Å². The van der Waals surface area contributed by atoms with Crippen molar-refractivity contribution in [3.63, 3.8) is 0 Å². The fourth-order valence-electron chi connectivity index (χ4n) is 1.08. The second-order valence-electron chi connectivity index (χ2n) is 3.88. The maximum absolute atomic E-state index is 12.0. The second-order valence-corrected chi connectivity index (χ2v) is 4.29. The molecule has 78 valence electrons. The van der Waals surface area contributed by atoms with E-state index in [1.54, 1.807) is 20.9 Å². The van der Waals surface area contributed by atoms with Crippen molar-refractivity contribution >= 4 is 17.4 Å². The molecule has 5 heteroatoms. The first kappa shape index (κ1) is 11.2. The van der Waals surface area contributed by atoms with E-state index >= 15 is 0 Å².